The summed E-state index contributed by atoms with van der Waals surface area (Å²) in [6.07, 6.45) is 10.2. The maximum absolute atomic E-state index is 5.59. The lowest BCUT2D eigenvalue weighted by atomic mass is 10.1. The molecular formula is C12H21NO. The average Bonchev–Trinajstić information content (AvgIpc) is 2.61. The van der Waals surface area contributed by atoms with E-state index in [0.29, 0.717) is 0 Å². The van der Waals surface area contributed by atoms with Crippen LogP contribution in [0.5, 0.6) is 0 Å². The Labute approximate surface area is 86.7 Å². The molecule has 80 valence electrons. The van der Waals surface area contributed by atoms with Gasteiger partial charge in [-0.2, -0.15) is 0 Å². The van der Waals surface area contributed by atoms with Crippen molar-refractivity contribution in [3.63, 3.8) is 0 Å². The van der Waals surface area contributed by atoms with Crippen LogP contribution in [-0.4, -0.2) is 4.98 Å². The first kappa shape index (κ1) is 11.3. The van der Waals surface area contributed by atoms with E-state index in [4.69, 9.17) is 4.42 Å². The SMILES string of the molecule is CCCCCCc1cnc(CCC)o1. The molecule has 0 aliphatic rings. The van der Waals surface area contributed by atoms with E-state index in [1.54, 1.807) is 0 Å². The van der Waals surface area contributed by atoms with Crippen LogP contribution in [0.1, 0.15) is 57.6 Å². The van der Waals surface area contributed by atoms with Gasteiger partial charge in [0, 0.05) is 12.8 Å². The Kier molecular flexibility index (Phi) is 5.35. The summed E-state index contributed by atoms with van der Waals surface area (Å²) in [6.45, 7) is 4.37. The zero-order valence-electron chi connectivity index (χ0n) is 9.38. The number of unbranched alkanes of at least 4 members (excludes halogenated alkanes) is 3. The lowest BCUT2D eigenvalue weighted by Gasteiger charge is -1.95. The van der Waals surface area contributed by atoms with Gasteiger partial charge in [0.15, 0.2) is 5.89 Å². The molecule has 1 aromatic heterocycles. The van der Waals surface area contributed by atoms with Crippen LogP contribution in [0.25, 0.3) is 0 Å². The Morgan fingerprint density at radius 3 is 2.64 bits per heavy atom. The summed E-state index contributed by atoms with van der Waals surface area (Å²) in [5, 5.41) is 0. The van der Waals surface area contributed by atoms with Gasteiger partial charge in [-0.05, 0) is 12.8 Å². The van der Waals surface area contributed by atoms with E-state index >= 15 is 0 Å². The Morgan fingerprint density at radius 1 is 1.07 bits per heavy atom. The van der Waals surface area contributed by atoms with E-state index in [0.717, 1.165) is 30.9 Å². The fraction of sp³-hybridized carbons (Fsp3) is 0.750. The second kappa shape index (κ2) is 6.63. The molecule has 14 heavy (non-hydrogen) atoms. The van der Waals surface area contributed by atoms with Crippen LogP contribution in [0.2, 0.25) is 0 Å². The predicted octanol–water partition coefficient (Wildman–Crippen LogP) is 3.75. The third kappa shape index (κ3) is 3.95. The Bertz CT molecular complexity index is 242. The molecule has 0 atom stereocenters. The topological polar surface area (TPSA) is 26.0 Å². The number of rotatable bonds is 7. The molecular weight excluding hydrogens is 174 g/mol. The molecule has 0 spiro atoms. The molecule has 0 saturated carbocycles. The first-order valence-electron chi connectivity index (χ1n) is 5.80. The monoisotopic (exact) mass is 195 g/mol. The molecule has 0 aliphatic carbocycles. The van der Waals surface area contributed by atoms with Gasteiger partial charge in [-0.1, -0.05) is 33.1 Å². The van der Waals surface area contributed by atoms with Gasteiger partial charge in [-0.15, -0.1) is 0 Å². The van der Waals surface area contributed by atoms with Gasteiger partial charge in [-0.25, -0.2) is 4.98 Å². The highest BCUT2D eigenvalue weighted by Gasteiger charge is 2.02. The molecule has 0 aromatic carbocycles. The minimum atomic E-state index is 0.901. The Balaban J connectivity index is 2.22. The van der Waals surface area contributed by atoms with Crippen molar-refractivity contribution in [1.29, 1.82) is 0 Å². The van der Waals surface area contributed by atoms with Crippen LogP contribution in [0.3, 0.4) is 0 Å². The average molecular weight is 195 g/mol. The molecule has 1 rings (SSSR count). The highest BCUT2D eigenvalue weighted by atomic mass is 16.4. The van der Waals surface area contributed by atoms with E-state index in [1.807, 2.05) is 6.20 Å². The molecule has 0 N–H and O–H groups in total. The number of nitrogens with zero attached hydrogens (tertiary/aromatic N) is 1. The normalized spacial score (nSPS) is 10.7. The predicted molar refractivity (Wildman–Crippen MR) is 58.3 cm³/mol. The largest absolute Gasteiger partial charge is 0.446 e. The lowest BCUT2D eigenvalue weighted by Crippen LogP contribution is -1.83. The van der Waals surface area contributed by atoms with Crippen molar-refractivity contribution in [2.75, 3.05) is 0 Å². The molecule has 0 aliphatic heterocycles. The van der Waals surface area contributed by atoms with Crippen LogP contribution >= 0.6 is 0 Å². The molecule has 0 amide bonds. The number of hydrogen-bond acceptors (Lipinski definition) is 2. The van der Waals surface area contributed by atoms with Crippen molar-refractivity contribution in [1.82, 2.24) is 4.98 Å². The van der Waals surface area contributed by atoms with Crippen molar-refractivity contribution >= 4 is 0 Å². The minimum Gasteiger partial charge on any atom is -0.446 e. The summed E-state index contributed by atoms with van der Waals surface area (Å²) in [7, 11) is 0. The maximum atomic E-state index is 5.59. The van der Waals surface area contributed by atoms with Crippen molar-refractivity contribution in [3.8, 4) is 0 Å². The van der Waals surface area contributed by atoms with Crippen LogP contribution < -0.4 is 0 Å². The summed E-state index contributed by atoms with van der Waals surface area (Å²) in [5.74, 6) is 1.96. The van der Waals surface area contributed by atoms with E-state index in [-0.39, 0.29) is 0 Å². The third-order valence-electron chi connectivity index (χ3n) is 2.34. The fourth-order valence-corrected chi connectivity index (χ4v) is 1.52. The molecule has 0 saturated heterocycles. The number of oxazole rings is 1. The van der Waals surface area contributed by atoms with E-state index in [2.05, 4.69) is 18.8 Å². The van der Waals surface area contributed by atoms with Gasteiger partial charge in [0.05, 0.1) is 6.20 Å². The summed E-state index contributed by atoms with van der Waals surface area (Å²) >= 11 is 0. The van der Waals surface area contributed by atoms with Gasteiger partial charge in [-0.3, -0.25) is 0 Å². The van der Waals surface area contributed by atoms with Crippen molar-refractivity contribution < 1.29 is 4.42 Å². The van der Waals surface area contributed by atoms with Crippen LogP contribution in [0.15, 0.2) is 10.6 Å². The highest BCUT2D eigenvalue weighted by Crippen LogP contribution is 2.10. The summed E-state index contributed by atoms with van der Waals surface area (Å²) < 4.78 is 5.59. The fourth-order valence-electron chi connectivity index (χ4n) is 1.52. The molecule has 0 radical (unpaired) electrons. The van der Waals surface area contributed by atoms with Gasteiger partial charge in [0.25, 0.3) is 0 Å². The number of hydrogen-bond donors (Lipinski definition) is 0. The minimum absolute atomic E-state index is 0.901. The highest BCUT2D eigenvalue weighted by molar-refractivity contribution is 4.94. The number of aryl methyl sites for hydroxylation is 2. The van der Waals surface area contributed by atoms with Gasteiger partial charge in [0.2, 0.25) is 0 Å². The first-order valence-corrected chi connectivity index (χ1v) is 5.80. The molecule has 2 nitrogen and oxygen atoms in total. The van der Waals surface area contributed by atoms with Crippen LogP contribution in [-0.2, 0) is 12.8 Å². The van der Waals surface area contributed by atoms with Crippen LogP contribution in [0.4, 0.5) is 0 Å². The standard InChI is InChI=1S/C12H21NO/c1-3-5-6-7-9-11-10-13-12(14-11)8-4-2/h10H,3-9H2,1-2H3. The van der Waals surface area contributed by atoms with Gasteiger partial charge in [0.1, 0.15) is 5.76 Å². The second-order valence-corrected chi connectivity index (χ2v) is 3.78. The quantitative estimate of drug-likeness (QED) is 0.619. The third-order valence-corrected chi connectivity index (χ3v) is 2.34. The van der Waals surface area contributed by atoms with Gasteiger partial charge >= 0.3 is 0 Å². The molecule has 0 unspecified atom stereocenters. The van der Waals surface area contributed by atoms with Crippen molar-refractivity contribution in [2.24, 2.45) is 0 Å². The van der Waals surface area contributed by atoms with Crippen LogP contribution in [0, 0.1) is 0 Å². The Hall–Kier alpha value is -0.790. The van der Waals surface area contributed by atoms with Crippen molar-refractivity contribution in [2.45, 2.75) is 58.8 Å². The summed E-state index contributed by atoms with van der Waals surface area (Å²) in [4.78, 5) is 4.24. The maximum Gasteiger partial charge on any atom is 0.194 e. The molecule has 1 aromatic rings. The summed E-state index contributed by atoms with van der Waals surface area (Å²) in [5.41, 5.74) is 0. The lowest BCUT2D eigenvalue weighted by molar-refractivity contribution is 0.444. The molecule has 0 fully saturated rings. The van der Waals surface area contributed by atoms with Crippen molar-refractivity contribution in [3.05, 3.63) is 17.8 Å². The molecule has 1 heterocycles. The zero-order valence-corrected chi connectivity index (χ0v) is 9.38. The first-order chi connectivity index (χ1) is 6.86. The molecule has 0 bridgehead atoms. The molecule has 2 heteroatoms. The number of aromatic nitrogens is 1. The van der Waals surface area contributed by atoms with E-state index < -0.39 is 0 Å². The Morgan fingerprint density at radius 2 is 1.93 bits per heavy atom. The smallest absolute Gasteiger partial charge is 0.194 e. The zero-order chi connectivity index (χ0) is 10.2. The summed E-state index contributed by atoms with van der Waals surface area (Å²) in [6, 6.07) is 0. The van der Waals surface area contributed by atoms with E-state index in [9.17, 15) is 0 Å². The second-order valence-electron chi connectivity index (χ2n) is 3.78. The van der Waals surface area contributed by atoms with E-state index in [1.165, 1.54) is 25.7 Å². The van der Waals surface area contributed by atoms with Gasteiger partial charge < -0.3 is 4.42 Å².